The third-order valence-electron chi connectivity index (χ3n) is 1.71. The maximum Gasteiger partial charge on any atom is 0.253 e. The van der Waals surface area contributed by atoms with Crippen molar-refractivity contribution >= 4 is 24.9 Å². The van der Waals surface area contributed by atoms with Gasteiger partial charge in [-0.2, -0.15) is 0 Å². The first kappa shape index (κ1) is 12.0. The summed E-state index contributed by atoms with van der Waals surface area (Å²) in [6, 6.07) is 7.17. The summed E-state index contributed by atoms with van der Waals surface area (Å²) in [5, 5.41) is -0.449. The van der Waals surface area contributed by atoms with Crippen molar-refractivity contribution in [3.8, 4) is 11.5 Å². The minimum absolute atomic E-state index is 0.449. The first-order chi connectivity index (χ1) is 6.90. The van der Waals surface area contributed by atoms with E-state index in [9.17, 15) is 4.79 Å². The molecule has 1 nitrogen and oxygen atoms in total. The SMILES string of the molecule is C[Si](C)(C)C#Cc1ccccc1C(=O)Cl. The fourth-order valence-corrected chi connectivity index (χ4v) is 1.69. The topological polar surface area (TPSA) is 17.1 Å². The smallest absolute Gasteiger partial charge is 0.253 e. The second-order valence-corrected chi connectivity index (χ2v) is 9.41. The van der Waals surface area contributed by atoms with Crippen LogP contribution in [0.1, 0.15) is 15.9 Å². The lowest BCUT2D eigenvalue weighted by molar-refractivity contribution is 0.108. The Morgan fingerprint density at radius 3 is 2.40 bits per heavy atom. The van der Waals surface area contributed by atoms with Crippen LogP contribution in [-0.4, -0.2) is 13.3 Å². The third kappa shape index (κ3) is 3.91. The average Bonchev–Trinajstić information content (AvgIpc) is 2.14. The van der Waals surface area contributed by atoms with Crippen LogP contribution in [0.25, 0.3) is 0 Å². The summed E-state index contributed by atoms with van der Waals surface area (Å²) >= 11 is 5.46. The Morgan fingerprint density at radius 2 is 1.87 bits per heavy atom. The zero-order valence-corrected chi connectivity index (χ0v) is 10.9. The molecule has 0 aliphatic carbocycles. The number of hydrogen-bond donors (Lipinski definition) is 0. The number of carbonyl (C=O) groups excluding carboxylic acids is 1. The van der Waals surface area contributed by atoms with Crippen LogP contribution in [0, 0.1) is 11.5 Å². The van der Waals surface area contributed by atoms with Crippen molar-refractivity contribution in [1.29, 1.82) is 0 Å². The molecule has 3 heteroatoms. The lowest BCUT2D eigenvalue weighted by Crippen LogP contribution is -2.16. The van der Waals surface area contributed by atoms with E-state index in [-0.39, 0.29) is 0 Å². The molecule has 0 aliphatic heterocycles. The molecule has 0 unspecified atom stereocenters. The largest absolute Gasteiger partial charge is 0.276 e. The summed E-state index contributed by atoms with van der Waals surface area (Å²) < 4.78 is 0. The first-order valence-electron chi connectivity index (χ1n) is 4.72. The molecular formula is C12H13ClOSi. The van der Waals surface area contributed by atoms with Gasteiger partial charge in [-0.1, -0.05) is 37.7 Å². The van der Waals surface area contributed by atoms with E-state index >= 15 is 0 Å². The molecule has 0 spiro atoms. The van der Waals surface area contributed by atoms with Crippen LogP contribution in [-0.2, 0) is 0 Å². The van der Waals surface area contributed by atoms with Gasteiger partial charge in [0.1, 0.15) is 8.07 Å². The highest BCUT2D eigenvalue weighted by Crippen LogP contribution is 2.10. The van der Waals surface area contributed by atoms with Crippen LogP contribution in [0.5, 0.6) is 0 Å². The number of carbonyl (C=O) groups is 1. The van der Waals surface area contributed by atoms with Crippen molar-refractivity contribution in [1.82, 2.24) is 0 Å². The van der Waals surface area contributed by atoms with Gasteiger partial charge in [-0.25, -0.2) is 0 Å². The monoisotopic (exact) mass is 236 g/mol. The molecule has 1 aromatic rings. The van der Waals surface area contributed by atoms with Gasteiger partial charge >= 0.3 is 0 Å². The standard InChI is InChI=1S/C12H13ClOSi/c1-15(2,3)9-8-10-6-4-5-7-11(10)12(13)14/h4-7H,1-3H3. The van der Waals surface area contributed by atoms with E-state index < -0.39 is 13.3 Å². The lowest BCUT2D eigenvalue weighted by atomic mass is 10.1. The Balaban J connectivity index is 3.14. The molecule has 1 aromatic carbocycles. The van der Waals surface area contributed by atoms with E-state index in [2.05, 4.69) is 31.1 Å². The van der Waals surface area contributed by atoms with Gasteiger partial charge in [0.05, 0.1) is 0 Å². The molecule has 0 aromatic heterocycles. The Bertz CT molecular complexity index is 435. The molecule has 0 radical (unpaired) electrons. The van der Waals surface area contributed by atoms with Gasteiger partial charge in [0.2, 0.25) is 0 Å². The van der Waals surface area contributed by atoms with Crippen molar-refractivity contribution in [2.45, 2.75) is 19.6 Å². The Hall–Kier alpha value is -1.04. The molecule has 15 heavy (non-hydrogen) atoms. The molecule has 0 N–H and O–H groups in total. The quantitative estimate of drug-likeness (QED) is 0.416. The fraction of sp³-hybridized carbons (Fsp3) is 0.250. The van der Waals surface area contributed by atoms with Gasteiger partial charge in [-0.15, -0.1) is 5.54 Å². The summed E-state index contributed by atoms with van der Waals surface area (Å²) in [5.41, 5.74) is 4.42. The zero-order valence-electron chi connectivity index (χ0n) is 9.10. The van der Waals surface area contributed by atoms with E-state index in [1.165, 1.54) is 0 Å². The van der Waals surface area contributed by atoms with E-state index in [0.29, 0.717) is 5.56 Å². The van der Waals surface area contributed by atoms with Crippen LogP contribution < -0.4 is 0 Å². The molecule has 0 bridgehead atoms. The normalized spacial score (nSPS) is 10.4. The molecular weight excluding hydrogens is 224 g/mol. The van der Waals surface area contributed by atoms with Crippen LogP contribution in [0.15, 0.2) is 24.3 Å². The third-order valence-corrected chi connectivity index (χ3v) is 2.79. The van der Waals surface area contributed by atoms with Gasteiger partial charge < -0.3 is 0 Å². The van der Waals surface area contributed by atoms with Crippen LogP contribution >= 0.6 is 11.6 Å². The molecule has 0 saturated carbocycles. The summed E-state index contributed by atoms with van der Waals surface area (Å²) in [6.45, 7) is 6.47. The summed E-state index contributed by atoms with van der Waals surface area (Å²) in [6.07, 6.45) is 0. The van der Waals surface area contributed by atoms with Crippen molar-refractivity contribution in [3.05, 3.63) is 35.4 Å². The van der Waals surface area contributed by atoms with E-state index in [1.807, 2.05) is 12.1 Å². The molecule has 0 amide bonds. The molecule has 1 rings (SSSR count). The summed E-state index contributed by atoms with van der Waals surface area (Å²) in [5.74, 6) is 3.04. The second-order valence-electron chi connectivity index (χ2n) is 4.32. The fourth-order valence-electron chi connectivity index (χ4n) is 1.02. The molecule has 0 fully saturated rings. The van der Waals surface area contributed by atoms with Gasteiger partial charge in [-0.05, 0) is 23.7 Å². The minimum Gasteiger partial charge on any atom is -0.276 e. The Kier molecular flexibility index (Phi) is 3.73. The van der Waals surface area contributed by atoms with Crippen LogP contribution in [0.3, 0.4) is 0 Å². The van der Waals surface area contributed by atoms with Gasteiger partial charge in [-0.3, -0.25) is 4.79 Å². The number of benzene rings is 1. The zero-order chi connectivity index (χ0) is 11.5. The summed E-state index contributed by atoms with van der Waals surface area (Å²) in [7, 11) is -1.41. The molecule has 0 saturated heterocycles. The number of rotatable bonds is 1. The van der Waals surface area contributed by atoms with E-state index in [4.69, 9.17) is 11.6 Å². The van der Waals surface area contributed by atoms with Gasteiger partial charge in [0, 0.05) is 11.1 Å². The highest BCUT2D eigenvalue weighted by Gasteiger charge is 2.09. The molecule has 78 valence electrons. The molecule has 0 atom stereocenters. The average molecular weight is 237 g/mol. The van der Waals surface area contributed by atoms with E-state index in [0.717, 1.165) is 5.56 Å². The van der Waals surface area contributed by atoms with Crippen LogP contribution in [0.2, 0.25) is 19.6 Å². The molecule has 0 aliphatic rings. The second kappa shape index (κ2) is 4.65. The van der Waals surface area contributed by atoms with E-state index in [1.54, 1.807) is 12.1 Å². The summed E-state index contributed by atoms with van der Waals surface area (Å²) in [4.78, 5) is 11.1. The van der Waals surface area contributed by atoms with Gasteiger partial charge in [0.25, 0.3) is 5.24 Å². The van der Waals surface area contributed by atoms with Crippen molar-refractivity contribution < 1.29 is 4.79 Å². The minimum atomic E-state index is -1.41. The number of halogens is 1. The Morgan fingerprint density at radius 1 is 1.27 bits per heavy atom. The van der Waals surface area contributed by atoms with Crippen LogP contribution in [0.4, 0.5) is 0 Å². The molecule has 0 heterocycles. The van der Waals surface area contributed by atoms with Crippen molar-refractivity contribution in [2.24, 2.45) is 0 Å². The highest BCUT2D eigenvalue weighted by molar-refractivity contribution is 6.83. The van der Waals surface area contributed by atoms with Gasteiger partial charge in [0.15, 0.2) is 0 Å². The maximum atomic E-state index is 11.1. The number of hydrogen-bond acceptors (Lipinski definition) is 1. The predicted molar refractivity (Wildman–Crippen MR) is 66.8 cm³/mol. The van der Waals surface area contributed by atoms with Crippen molar-refractivity contribution in [2.75, 3.05) is 0 Å². The maximum absolute atomic E-state index is 11.1. The lowest BCUT2D eigenvalue weighted by Gasteiger charge is -2.04. The first-order valence-corrected chi connectivity index (χ1v) is 8.60. The van der Waals surface area contributed by atoms with Crippen molar-refractivity contribution in [3.63, 3.8) is 0 Å². The predicted octanol–water partition coefficient (Wildman–Crippen LogP) is 3.29. The highest BCUT2D eigenvalue weighted by atomic mass is 35.5. The Labute approximate surface area is 96.5 Å².